The van der Waals surface area contributed by atoms with Crippen LogP contribution < -0.4 is 9.62 Å². The summed E-state index contributed by atoms with van der Waals surface area (Å²) in [4.78, 5) is 14.0. The molecule has 1 aliphatic rings. The van der Waals surface area contributed by atoms with Crippen LogP contribution in [0.3, 0.4) is 0 Å². The van der Waals surface area contributed by atoms with Gasteiger partial charge >= 0.3 is 0 Å². The molecule has 1 saturated heterocycles. The zero-order chi connectivity index (χ0) is 18.9. The number of hydrogen-bond acceptors (Lipinski definition) is 4. The molecule has 0 saturated carbocycles. The van der Waals surface area contributed by atoms with Crippen molar-refractivity contribution in [2.45, 2.75) is 24.3 Å². The first-order chi connectivity index (χ1) is 12.3. The first-order valence-corrected chi connectivity index (χ1v) is 9.40. The minimum Gasteiger partial charge on any atom is -0.311 e. The largest absolute Gasteiger partial charge is 0.311 e. The average molecular weight is 373 g/mol. The molecule has 0 radical (unpaired) electrons. The molecule has 2 aromatic rings. The highest BCUT2D eigenvalue weighted by Crippen LogP contribution is 2.24. The minimum absolute atomic E-state index is 0.0135. The summed E-state index contributed by atoms with van der Waals surface area (Å²) in [6, 6.07) is 10.8. The molecule has 1 aliphatic heterocycles. The van der Waals surface area contributed by atoms with Gasteiger partial charge in [-0.1, -0.05) is 0 Å². The van der Waals surface area contributed by atoms with Gasteiger partial charge in [0.2, 0.25) is 15.9 Å². The van der Waals surface area contributed by atoms with Crippen molar-refractivity contribution in [2.24, 2.45) is 0 Å². The zero-order valence-corrected chi connectivity index (χ0v) is 14.8. The zero-order valence-electron chi connectivity index (χ0n) is 13.9. The summed E-state index contributed by atoms with van der Waals surface area (Å²) in [6.07, 6.45) is 0.310. The molecule has 1 fully saturated rings. The molecule has 1 atom stereocenters. The molecule has 6 nitrogen and oxygen atoms in total. The Hall–Kier alpha value is -2.76. The number of halogens is 1. The number of anilines is 1. The standard InChI is InChI=1S/C18H16FN3O3S/c1-12-10-14(4-7-16(12)19)22-9-8-17(18(22)23)21-26(24,25)15-5-2-13(11-20)3-6-15/h2-7,10,17,21H,8-9H2,1H3/t17-/m1/s1. The number of benzene rings is 2. The molecule has 0 unspecified atom stereocenters. The van der Waals surface area contributed by atoms with E-state index in [2.05, 4.69) is 4.72 Å². The van der Waals surface area contributed by atoms with E-state index in [9.17, 15) is 17.6 Å². The van der Waals surface area contributed by atoms with Gasteiger partial charge in [0.25, 0.3) is 0 Å². The highest BCUT2D eigenvalue weighted by atomic mass is 32.2. The van der Waals surface area contributed by atoms with Crippen LogP contribution in [0.25, 0.3) is 0 Å². The summed E-state index contributed by atoms with van der Waals surface area (Å²) in [7, 11) is -3.89. The van der Waals surface area contributed by atoms with Gasteiger partial charge in [0.15, 0.2) is 0 Å². The van der Waals surface area contributed by atoms with Crippen LogP contribution in [0.2, 0.25) is 0 Å². The average Bonchev–Trinajstić information content (AvgIpc) is 2.97. The highest BCUT2D eigenvalue weighted by molar-refractivity contribution is 7.89. The lowest BCUT2D eigenvalue weighted by atomic mass is 10.2. The number of sulfonamides is 1. The van der Waals surface area contributed by atoms with E-state index < -0.39 is 16.1 Å². The second-order valence-electron chi connectivity index (χ2n) is 6.02. The van der Waals surface area contributed by atoms with Crippen LogP contribution in [0, 0.1) is 24.1 Å². The monoisotopic (exact) mass is 373 g/mol. The van der Waals surface area contributed by atoms with E-state index in [4.69, 9.17) is 5.26 Å². The fourth-order valence-corrected chi connectivity index (χ4v) is 4.03. The first-order valence-electron chi connectivity index (χ1n) is 7.92. The molecule has 8 heteroatoms. The Morgan fingerprint density at radius 3 is 2.54 bits per heavy atom. The van der Waals surface area contributed by atoms with E-state index in [-0.39, 0.29) is 16.6 Å². The molecular weight excluding hydrogens is 357 g/mol. The molecule has 1 N–H and O–H groups in total. The van der Waals surface area contributed by atoms with Crippen molar-refractivity contribution in [1.29, 1.82) is 5.26 Å². The molecule has 1 heterocycles. The Labute approximate surface area is 150 Å². The van der Waals surface area contributed by atoms with Gasteiger partial charge in [0.1, 0.15) is 11.9 Å². The number of rotatable bonds is 4. The Morgan fingerprint density at radius 1 is 1.23 bits per heavy atom. The molecule has 0 bridgehead atoms. The lowest BCUT2D eigenvalue weighted by molar-refractivity contribution is -0.118. The van der Waals surface area contributed by atoms with E-state index in [0.717, 1.165) is 0 Å². The van der Waals surface area contributed by atoms with Gasteiger partial charge in [-0.3, -0.25) is 4.79 Å². The predicted octanol–water partition coefficient (Wildman–Crippen LogP) is 2.09. The van der Waals surface area contributed by atoms with E-state index in [1.165, 1.54) is 41.3 Å². The Kier molecular flexibility index (Phi) is 4.76. The minimum atomic E-state index is -3.89. The SMILES string of the molecule is Cc1cc(N2CC[C@@H](NS(=O)(=O)c3ccc(C#N)cc3)C2=O)ccc1F. The molecule has 134 valence electrons. The maximum atomic E-state index is 13.4. The lowest BCUT2D eigenvalue weighted by Crippen LogP contribution is -2.41. The quantitative estimate of drug-likeness (QED) is 0.889. The molecule has 3 rings (SSSR count). The van der Waals surface area contributed by atoms with Crippen molar-refractivity contribution in [3.05, 3.63) is 59.4 Å². The summed E-state index contributed by atoms with van der Waals surface area (Å²) < 4.78 is 40.7. The lowest BCUT2D eigenvalue weighted by Gasteiger charge is -2.18. The first kappa shape index (κ1) is 18.0. The maximum absolute atomic E-state index is 13.4. The van der Waals surface area contributed by atoms with Crippen molar-refractivity contribution in [1.82, 2.24) is 4.72 Å². The van der Waals surface area contributed by atoms with Crippen LogP contribution in [-0.2, 0) is 14.8 Å². The second-order valence-corrected chi connectivity index (χ2v) is 7.74. The van der Waals surface area contributed by atoms with Crippen LogP contribution in [0.4, 0.5) is 10.1 Å². The van der Waals surface area contributed by atoms with Crippen molar-refractivity contribution < 1.29 is 17.6 Å². The Morgan fingerprint density at radius 2 is 1.92 bits per heavy atom. The molecule has 0 aliphatic carbocycles. The predicted molar refractivity (Wildman–Crippen MR) is 93.4 cm³/mol. The molecular formula is C18H16FN3O3S. The molecule has 0 aromatic heterocycles. The van der Waals surface area contributed by atoms with Crippen molar-refractivity contribution in [2.75, 3.05) is 11.4 Å². The molecule has 1 amide bonds. The number of carbonyl (C=O) groups excluding carboxylic acids is 1. The van der Waals surface area contributed by atoms with Gasteiger partial charge in [0, 0.05) is 12.2 Å². The van der Waals surface area contributed by atoms with Crippen LogP contribution in [0.15, 0.2) is 47.4 Å². The van der Waals surface area contributed by atoms with Gasteiger partial charge in [-0.2, -0.15) is 9.98 Å². The van der Waals surface area contributed by atoms with Crippen LogP contribution in [-0.4, -0.2) is 26.9 Å². The van der Waals surface area contributed by atoms with Crippen LogP contribution in [0.1, 0.15) is 17.5 Å². The number of aryl methyl sites for hydroxylation is 1. The molecule has 26 heavy (non-hydrogen) atoms. The summed E-state index contributed by atoms with van der Waals surface area (Å²) in [5, 5.41) is 8.78. The third kappa shape index (κ3) is 3.45. The number of hydrogen-bond donors (Lipinski definition) is 1. The van der Waals surface area contributed by atoms with Crippen molar-refractivity contribution in [3.8, 4) is 6.07 Å². The van der Waals surface area contributed by atoms with Crippen LogP contribution >= 0.6 is 0 Å². The van der Waals surface area contributed by atoms with Gasteiger partial charge < -0.3 is 4.90 Å². The maximum Gasteiger partial charge on any atom is 0.245 e. The number of nitrogens with zero attached hydrogens (tertiary/aromatic N) is 2. The van der Waals surface area contributed by atoms with Gasteiger partial charge in [0.05, 0.1) is 16.5 Å². The summed E-state index contributed by atoms with van der Waals surface area (Å²) in [5.74, 6) is -0.744. The summed E-state index contributed by atoms with van der Waals surface area (Å²) >= 11 is 0. The fourth-order valence-electron chi connectivity index (χ4n) is 2.81. The summed E-state index contributed by atoms with van der Waals surface area (Å²) in [5.41, 5.74) is 1.30. The normalized spacial score (nSPS) is 17.3. The van der Waals surface area contributed by atoms with Gasteiger partial charge in [-0.15, -0.1) is 0 Å². The van der Waals surface area contributed by atoms with Crippen molar-refractivity contribution >= 4 is 21.6 Å². The number of carbonyl (C=O) groups is 1. The third-order valence-corrected chi connectivity index (χ3v) is 5.74. The van der Waals surface area contributed by atoms with E-state index in [1.807, 2.05) is 6.07 Å². The Balaban J connectivity index is 1.77. The second kappa shape index (κ2) is 6.86. The topological polar surface area (TPSA) is 90.3 Å². The van der Waals surface area contributed by atoms with E-state index in [0.29, 0.717) is 29.8 Å². The highest BCUT2D eigenvalue weighted by Gasteiger charge is 2.35. The molecule has 0 spiro atoms. The van der Waals surface area contributed by atoms with E-state index in [1.54, 1.807) is 13.0 Å². The Bertz CT molecular complexity index is 997. The molecule has 2 aromatic carbocycles. The number of nitrogens with one attached hydrogen (secondary N) is 1. The third-order valence-electron chi connectivity index (χ3n) is 4.25. The van der Waals surface area contributed by atoms with Crippen LogP contribution in [0.5, 0.6) is 0 Å². The van der Waals surface area contributed by atoms with E-state index >= 15 is 0 Å². The number of amides is 1. The van der Waals surface area contributed by atoms with Gasteiger partial charge in [-0.05, 0) is 61.4 Å². The number of nitriles is 1. The van der Waals surface area contributed by atoms with Gasteiger partial charge in [-0.25, -0.2) is 12.8 Å². The summed E-state index contributed by atoms with van der Waals surface area (Å²) in [6.45, 7) is 1.94. The van der Waals surface area contributed by atoms with Crippen molar-refractivity contribution in [3.63, 3.8) is 0 Å². The fraction of sp³-hybridized carbons (Fsp3) is 0.222. The smallest absolute Gasteiger partial charge is 0.245 e.